The SMILES string of the molecule is CC(C)NC(N)=NCC1Cc2ccccc21. The van der Waals surface area contributed by atoms with Gasteiger partial charge in [0.1, 0.15) is 0 Å². The van der Waals surface area contributed by atoms with Crippen LogP contribution in [0.25, 0.3) is 0 Å². The van der Waals surface area contributed by atoms with Gasteiger partial charge in [0.15, 0.2) is 5.96 Å². The molecule has 86 valence electrons. The lowest BCUT2D eigenvalue weighted by Gasteiger charge is -2.28. The lowest BCUT2D eigenvalue weighted by atomic mass is 9.78. The number of benzene rings is 1. The van der Waals surface area contributed by atoms with Crippen LogP contribution >= 0.6 is 0 Å². The molecule has 1 atom stereocenters. The van der Waals surface area contributed by atoms with Crippen LogP contribution in [0.4, 0.5) is 0 Å². The van der Waals surface area contributed by atoms with E-state index in [2.05, 4.69) is 48.4 Å². The average Bonchev–Trinajstić information content (AvgIpc) is 2.18. The summed E-state index contributed by atoms with van der Waals surface area (Å²) in [5, 5.41) is 3.10. The summed E-state index contributed by atoms with van der Waals surface area (Å²) in [4.78, 5) is 4.37. The predicted molar refractivity (Wildman–Crippen MR) is 67.6 cm³/mol. The second-order valence-corrected chi connectivity index (χ2v) is 4.62. The zero-order chi connectivity index (χ0) is 11.5. The molecule has 3 heteroatoms. The Hall–Kier alpha value is -1.51. The number of nitrogens with two attached hydrogens (primary N) is 1. The van der Waals surface area contributed by atoms with E-state index in [1.165, 1.54) is 11.1 Å². The first-order valence-corrected chi connectivity index (χ1v) is 5.81. The van der Waals surface area contributed by atoms with Crippen LogP contribution in [0.3, 0.4) is 0 Å². The molecule has 0 radical (unpaired) electrons. The summed E-state index contributed by atoms with van der Waals surface area (Å²) < 4.78 is 0. The Bertz CT molecular complexity index is 396. The minimum absolute atomic E-state index is 0.345. The van der Waals surface area contributed by atoms with E-state index in [1.54, 1.807) is 0 Å². The molecule has 1 aliphatic carbocycles. The van der Waals surface area contributed by atoms with Gasteiger partial charge in [0, 0.05) is 18.5 Å². The molecule has 0 fully saturated rings. The topological polar surface area (TPSA) is 50.4 Å². The van der Waals surface area contributed by atoms with E-state index < -0.39 is 0 Å². The van der Waals surface area contributed by atoms with Crippen molar-refractivity contribution in [2.45, 2.75) is 32.2 Å². The van der Waals surface area contributed by atoms with Gasteiger partial charge in [-0.1, -0.05) is 24.3 Å². The molecule has 1 unspecified atom stereocenters. The molecular formula is C13H19N3. The number of hydrogen-bond donors (Lipinski definition) is 2. The summed E-state index contributed by atoms with van der Waals surface area (Å²) in [6, 6.07) is 8.89. The lowest BCUT2D eigenvalue weighted by Crippen LogP contribution is -2.37. The van der Waals surface area contributed by atoms with Gasteiger partial charge in [-0.05, 0) is 31.4 Å². The van der Waals surface area contributed by atoms with Gasteiger partial charge in [0.05, 0.1) is 0 Å². The fraction of sp³-hybridized carbons (Fsp3) is 0.462. The van der Waals surface area contributed by atoms with E-state index in [4.69, 9.17) is 5.73 Å². The van der Waals surface area contributed by atoms with Crippen LogP contribution in [0.5, 0.6) is 0 Å². The molecule has 0 saturated carbocycles. The third-order valence-corrected chi connectivity index (χ3v) is 2.88. The van der Waals surface area contributed by atoms with E-state index in [1.807, 2.05) is 0 Å². The minimum Gasteiger partial charge on any atom is -0.370 e. The van der Waals surface area contributed by atoms with E-state index in [0.717, 1.165) is 13.0 Å². The van der Waals surface area contributed by atoms with Crippen LogP contribution in [0.1, 0.15) is 30.9 Å². The fourth-order valence-electron chi connectivity index (χ4n) is 2.08. The van der Waals surface area contributed by atoms with Crippen molar-refractivity contribution in [3.8, 4) is 0 Å². The minimum atomic E-state index is 0.345. The molecule has 0 heterocycles. The molecule has 2 rings (SSSR count). The third kappa shape index (κ3) is 2.35. The van der Waals surface area contributed by atoms with Gasteiger partial charge in [-0.15, -0.1) is 0 Å². The largest absolute Gasteiger partial charge is 0.370 e. The van der Waals surface area contributed by atoms with E-state index >= 15 is 0 Å². The van der Waals surface area contributed by atoms with Crippen LogP contribution < -0.4 is 11.1 Å². The molecule has 1 aromatic carbocycles. The molecule has 1 aromatic rings. The van der Waals surface area contributed by atoms with Crippen molar-refractivity contribution in [2.75, 3.05) is 6.54 Å². The number of nitrogens with zero attached hydrogens (tertiary/aromatic N) is 1. The summed E-state index contributed by atoms with van der Waals surface area (Å²) in [5.41, 5.74) is 8.65. The Morgan fingerprint density at radius 1 is 1.50 bits per heavy atom. The Labute approximate surface area is 96.8 Å². The average molecular weight is 217 g/mol. The Morgan fingerprint density at radius 3 is 2.94 bits per heavy atom. The van der Waals surface area contributed by atoms with Gasteiger partial charge in [0.2, 0.25) is 0 Å². The Kier molecular flexibility index (Phi) is 3.13. The maximum atomic E-state index is 5.76. The second kappa shape index (κ2) is 4.56. The molecule has 0 bridgehead atoms. The number of aliphatic imine (C=N–C) groups is 1. The van der Waals surface area contributed by atoms with Crippen molar-refractivity contribution in [2.24, 2.45) is 10.7 Å². The maximum absolute atomic E-state index is 5.76. The van der Waals surface area contributed by atoms with E-state index in [0.29, 0.717) is 17.9 Å². The normalized spacial score (nSPS) is 19.2. The molecule has 16 heavy (non-hydrogen) atoms. The van der Waals surface area contributed by atoms with E-state index in [9.17, 15) is 0 Å². The standard InChI is InChI=1S/C13H19N3/c1-9(2)16-13(14)15-8-11-7-10-5-3-4-6-12(10)11/h3-6,9,11H,7-8H2,1-2H3,(H3,14,15,16). The second-order valence-electron chi connectivity index (χ2n) is 4.62. The van der Waals surface area contributed by atoms with E-state index in [-0.39, 0.29) is 0 Å². The van der Waals surface area contributed by atoms with Crippen molar-refractivity contribution in [3.63, 3.8) is 0 Å². The van der Waals surface area contributed by atoms with Gasteiger partial charge in [-0.2, -0.15) is 0 Å². The zero-order valence-electron chi connectivity index (χ0n) is 9.90. The Balaban J connectivity index is 1.90. The highest BCUT2D eigenvalue weighted by Gasteiger charge is 2.24. The molecule has 1 aliphatic rings. The molecule has 0 spiro atoms. The number of hydrogen-bond acceptors (Lipinski definition) is 1. The molecule has 0 saturated heterocycles. The van der Waals surface area contributed by atoms with Gasteiger partial charge in [-0.3, -0.25) is 4.99 Å². The molecule has 0 aliphatic heterocycles. The van der Waals surface area contributed by atoms with Gasteiger partial charge >= 0.3 is 0 Å². The summed E-state index contributed by atoms with van der Waals surface area (Å²) in [7, 11) is 0. The maximum Gasteiger partial charge on any atom is 0.188 e. The van der Waals surface area contributed by atoms with Crippen molar-refractivity contribution in [1.82, 2.24) is 5.32 Å². The van der Waals surface area contributed by atoms with Crippen LogP contribution in [-0.2, 0) is 6.42 Å². The first-order valence-electron chi connectivity index (χ1n) is 5.81. The summed E-state index contributed by atoms with van der Waals surface area (Å²) in [6.45, 7) is 4.91. The molecule has 0 aromatic heterocycles. The highest BCUT2D eigenvalue weighted by molar-refractivity contribution is 5.78. The number of rotatable bonds is 3. The number of guanidine groups is 1. The first-order chi connectivity index (χ1) is 7.66. The van der Waals surface area contributed by atoms with Crippen LogP contribution in [0.15, 0.2) is 29.3 Å². The van der Waals surface area contributed by atoms with Crippen molar-refractivity contribution in [3.05, 3.63) is 35.4 Å². The summed E-state index contributed by atoms with van der Waals surface area (Å²) >= 11 is 0. The highest BCUT2D eigenvalue weighted by Crippen LogP contribution is 2.34. The van der Waals surface area contributed by atoms with Gasteiger partial charge in [0.25, 0.3) is 0 Å². The van der Waals surface area contributed by atoms with Crippen LogP contribution in [0, 0.1) is 0 Å². The summed E-state index contributed by atoms with van der Waals surface area (Å²) in [6.07, 6.45) is 1.13. The Morgan fingerprint density at radius 2 is 2.25 bits per heavy atom. The highest BCUT2D eigenvalue weighted by atomic mass is 15.1. The predicted octanol–water partition coefficient (Wildman–Crippen LogP) is 1.64. The zero-order valence-corrected chi connectivity index (χ0v) is 9.90. The monoisotopic (exact) mass is 217 g/mol. The smallest absolute Gasteiger partial charge is 0.188 e. The first kappa shape index (κ1) is 11.0. The molecule has 3 N–H and O–H groups in total. The quantitative estimate of drug-likeness (QED) is 0.597. The molecular weight excluding hydrogens is 198 g/mol. The van der Waals surface area contributed by atoms with Crippen molar-refractivity contribution >= 4 is 5.96 Å². The lowest BCUT2D eigenvalue weighted by molar-refractivity contribution is 0.614. The molecule has 0 amide bonds. The van der Waals surface area contributed by atoms with Crippen molar-refractivity contribution < 1.29 is 0 Å². The number of nitrogens with one attached hydrogen (secondary N) is 1. The van der Waals surface area contributed by atoms with Crippen LogP contribution in [0.2, 0.25) is 0 Å². The number of fused-ring (bicyclic) bond motifs is 1. The van der Waals surface area contributed by atoms with Gasteiger partial charge < -0.3 is 11.1 Å². The third-order valence-electron chi connectivity index (χ3n) is 2.88. The fourth-order valence-corrected chi connectivity index (χ4v) is 2.08. The van der Waals surface area contributed by atoms with Gasteiger partial charge in [-0.25, -0.2) is 0 Å². The molecule has 3 nitrogen and oxygen atoms in total. The van der Waals surface area contributed by atoms with Crippen molar-refractivity contribution in [1.29, 1.82) is 0 Å². The van der Waals surface area contributed by atoms with Crippen LogP contribution in [-0.4, -0.2) is 18.5 Å². The summed E-state index contributed by atoms with van der Waals surface area (Å²) in [5.74, 6) is 1.11.